The van der Waals surface area contributed by atoms with Gasteiger partial charge in [0.15, 0.2) is 0 Å². The molecule has 0 fully saturated rings. The Morgan fingerprint density at radius 1 is 0.833 bits per heavy atom. The van der Waals surface area contributed by atoms with Crippen molar-refractivity contribution in [3.05, 3.63) is 89.5 Å². The first-order valence-corrected chi connectivity index (χ1v) is 12.6. The molecule has 3 atom stereocenters. The number of likely N-dealkylation sites (N-methyl/N-ethyl adjacent to an activating group) is 1. The average molecular weight is 475 g/mol. The van der Waals surface area contributed by atoms with Gasteiger partial charge in [-0.25, -0.2) is 0 Å². The largest absolute Gasteiger partial charge is 0.358 e. The molecule has 6 rings (SSSR count). The standard InChI is InChI=1S/C30H30N6/c1-5-30(6-2)25(24-16-21(19-32)8-10-27(24)36-14-12-34(4)29(30)36)17-23-22-15-20(18-31)7-9-26(22)35-13-11-33(3)28(23)35/h7-17,25,28-29H,5-6H2,1-4H3. The summed E-state index contributed by atoms with van der Waals surface area (Å²) in [5.74, 6) is 0.0990. The van der Waals surface area contributed by atoms with Crippen LogP contribution in [0.15, 0.2) is 67.3 Å². The molecular weight excluding hydrogens is 444 g/mol. The number of nitrogens with zero attached hydrogens (tertiary/aromatic N) is 6. The number of hydrogen-bond acceptors (Lipinski definition) is 6. The van der Waals surface area contributed by atoms with Gasteiger partial charge in [-0.1, -0.05) is 19.9 Å². The first-order chi connectivity index (χ1) is 17.5. The molecule has 0 saturated heterocycles. The quantitative estimate of drug-likeness (QED) is 0.583. The first kappa shape index (κ1) is 22.3. The fraction of sp³-hybridized carbons (Fsp3) is 0.333. The van der Waals surface area contributed by atoms with Gasteiger partial charge < -0.3 is 19.6 Å². The van der Waals surface area contributed by atoms with Crippen molar-refractivity contribution in [1.29, 1.82) is 10.5 Å². The van der Waals surface area contributed by atoms with Crippen molar-refractivity contribution in [2.24, 2.45) is 5.41 Å². The fourth-order valence-electron chi connectivity index (χ4n) is 6.99. The fourth-order valence-corrected chi connectivity index (χ4v) is 6.99. The van der Waals surface area contributed by atoms with Crippen molar-refractivity contribution < 1.29 is 0 Å². The van der Waals surface area contributed by atoms with Crippen LogP contribution in [0, 0.1) is 28.1 Å². The lowest BCUT2D eigenvalue weighted by molar-refractivity contribution is 0.0916. The monoisotopic (exact) mass is 474 g/mol. The number of nitriles is 2. The smallest absolute Gasteiger partial charge is 0.132 e. The molecule has 4 heterocycles. The average Bonchev–Trinajstić information content (AvgIpc) is 3.58. The van der Waals surface area contributed by atoms with Crippen molar-refractivity contribution in [2.75, 3.05) is 23.9 Å². The minimum absolute atomic E-state index is 0.0559. The summed E-state index contributed by atoms with van der Waals surface area (Å²) in [6.45, 7) is 4.59. The molecule has 4 aliphatic heterocycles. The molecule has 6 heteroatoms. The first-order valence-electron chi connectivity index (χ1n) is 12.6. The lowest BCUT2D eigenvalue weighted by Crippen LogP contribution is -2.56. The van der Waals surface area contributed by atoms with Crippen molar-refractivity contribution in [3.63, 3.8) is 0 Å². The summed E-state index contributed by atoms with van der Waals surface area (Å²) in [6, 6.07) is 16.8. The van der Waals surface area contributed by atoms with Crippen LogP contribution in [0.5, 0.6) is 0 Å². The molecule has 0 amide bonds. The van der Waals surface area contributed by atoms with Crippen LogP contribution >= 0.6 is 0 Å². The Morgan fingerprint density at radius 2 is 1.47 bits per heavy atom. The van der Waals surface area contributed by atoms with Gasteiger partial charge >= 0.3 is 0 Å². The van der Waals surface area contributed by atoms with E-state index in [9.17, 15) is 10.5 Å². The number of benzene rings is 2. The Morgan fingerprint density at radius 3 is 2.17 bits per heavy atom. The van der Waals surface area contributed by atoms with E-state index in [0.29, 0.717) is 11.1 Å². The van der Waals surface area contributed by atoms with Gasteiger partial charge in [0.05, 0.1) is 29.0 Å². The third kappa shape index (κ3) is 2.82. The minimum Gasteiger partial charge on any atom is -0.358 e. The molecule has 3 unspecified atom stereocenters. The van der Waals surface area contributed by atoms with Gasteiger partial charge in [0.2, 0.25) is 0 Å². The van der Waals surface area contributed by atoms with Gasteiger partial charge in [0, 0.05) is 67.1 Å². The minimum atomic E-state index is -0.0721. The van der Waals surface area contributed by atoms with E-state index in [1.165, 1.54) is 11.1 Å². The van der Waals surface area contributed by atoms with Gasteiger partial charge in [-0.2, -0.15) is 10.5 Å². The Labute approximate surface area is 213 Å². The van der Waals surface area contributed by atoms with E-state index < -0.39 is 0 Å². The van der Waals surface area contributed by atoms with Crippen LogP contribution in [0.4, 0.5) is 11.4 Å². The van der Waals surface area contributed by atoms with Crippen LogP contribution in [-0.2, 0) is 0 Å². The normalized spacial score (nSPS) is 25.5. The molecule has 0 N–H and O–H groups in total. The second-order valence-electron chi connectivity index (χ2n) is 10.3. The van der Waals surface area contributed by atoms with Crippen molar-refractivity contribution in [3.8, 4) is 12.1 Å². The molecule has 0 bridgehead atoms. The molecule has 2 aromatic rings. The Bertz CT molecular complexity index is 1420. The van der Waals surface area contributed by atoms with E-state index in [1.54, 1.807) is 0 Å². The zero-order chi connectivity index (χ0) is 25.2. The third-order valence-corrected chi connectivity index (χ3v) is 8.78. The van der Waals surface area contributed by atoms with E-state index >= 15 is 0 Å². The maximum absolute atomic E-state index is 9.78. The van der Waals surface area contributed by atoms with Gasteiger partial charge in [0.25, 0.3) is 0 Å². The van der Waals surface area contributed by atoms with E-state index in [0.717, 1.165) is 29.8 Å². The van der Waals surface area contributed by atoms with Gasteiger partial charge in [-0.15, -0.1) is 0 Å². The summed E-state index contributed by atoms with van der Waals surface area (Å²) >= 11 is 0. The van der Waals surface area contributed by atoms with Crippen LogP contribution in [0.3, 0.4) is 0 Å². The number of allylic oxidation sites excluding steroid dienone is 1. The zero-order valence-corrected chi connectivity index (χ0v) is 21.2. The van der Waals surface area contributed by atoms with E-state index in [4.69, 9.17) is 0 Å². The highest BCUT2D eigenvalue weighted by Crippen LogP contribution is 2.58. The molecule has 2 aromatic carbocycles. The van der Waals surface area contributed by atoms with Gasteiger partial charge in [-0.3, -0.25) is 0 Å². The van der Waals surface area contributed by atoms with Crippen LogP contribution in [0.25, 0.3) is 5.57 Å². The van der Waals surface area contributed by atoms with Crippen LogP contribution < -0.4 is 9.80 Å². The maximum atomic E-state index is 9.78. The molecule has 0 saturated carbocycles. The van der Waals surface area contributed by atoms with E-state index in [1.807, 2.05) is 18.2 Å². The summed E-state index contributed by atoms with van der Waals surface area (Å²) in [4.78, 5) is 9.27. The third-order valence-electron chi connectivity index (χ3n) is 8.78. The Balaban J connectivity index is 1.63. The predicted octanol–water partition coefficient (Wildman–Crippen LogP) is 5.53. The molecule has 36 heavy (non-hydrogen) atoms. The van der Waals surface area contributed by atoms with Crippen LogP contribution in [0.2, 0.25) is 0 Å². The molecule has 0 aliphatic carbocycles. The van der Waals surface area contributed by atoms with E-state index in [-0.39, 0.29) is 23.7 Å². The summed E-state index contributed by atoms with van der Waals surface area (Å²) in [6.07, 6.45) is 13.3. The molecule has 4 aliphatic rings. The van der Waals surface area contributed by atoms with Gasteiger partial charge in [0.1, 0.15) is 12.3 Å². The number of hydrogen-bond donors (Lipinski definition) is 0. The van der Waals surface area contributed by atoms with Crippen molar-refractivity contribution >= 4 is 16.9 Å². The highest BCUT2D eigenvalue weighted by Gasteiger charge is 2.53. The van der Waals surface area contributed by atoms with Crippen LogP contribution in [0.1, 0.15) is 54.9 Å². The predicted molar refractivity (Wildman–Crippen MR) is 142 cm³/mol. The summed E-state index contributed by atoms with van der Waals surface area (Å²) < 4.78 is 0. The Hall–Kier alpha value is -4.16. The SMILES string of the molecule is CCC1(CC)C(C=C2c3cc(C#N)ccc3N3C=CN(C)C23)c2cc(C#N)ccc2N2C=CN(C)C21. The molecule has 0 aromatic heterocycles. The van der Waals surface area contributed by atoms with Crippen molar-refractivity contribution in [1.82, 2.24) is 9.80 Å². The number of rotatable bonds is 3. The van der Waals surface area contributed by atoms with Gasteiger partial charge in [-0.05, 0) is 54.8 Å². The zero-order valence-electron chi connectivity index (χ0n) is 21.2. The summed E-state index contributed by atoms with van der Waals surface area (Å²) in [5.41, 5.74) is 7.13. The highest BCUT2D eigenvalue weighted by atomic mass is 15.4. The van der Waals surface area contributed by atoms with E-state index in [2.05, 4.69) is 109 Å². The Kier molecular flexibility index (Phi) is 4.92. The summed E-state index contributed by atoms with van der Waals surface area (Å²) in [7, 11) is 4.28. The lowest BCUT2D eigenvalue weighted by atomic mass is 9.62. The van der Waals surface area contributed by atoms with Crippen molar-refractivity contribution in [2.45, 2.75) is 44.9 Å². The summed E-state index contributed by atoms with van der Waals surface area (Å²) in [5, 5.41) is 19.4. The van der Waals surface area contributed by atoms with Crippen LogP contribution in [-0.4, -0.2) is 36.2 Å². The molecule has 180 valence electrons. The lowest BCUT2D eigenvalue weighted by Gasteiger charge is -2.54. The molecular formula is C30H30N6. The second kappa shape index (κ2) is 7.93. The molecule has 6 nitrogen and oxygen atoms in total. The number of fused-ring (bicyclic) bond motifs is 6. The topological polar surface area (TPSA) is 60.5 Å². The molecule has 0 radical (unpaired) electrons. The second-order valence-corrected chi connectivity index (χ2v) is 10.3. The molecule has 0 spiro atoms. The maximum Gasteiger partial charge on any atom is 0.132 e. The highest BCUT2D eigenvalue weighted by molar-refractivity contribution is 5.90. The number of anilines is 2.